The van der Waals surface area contributed by atoms with Crippen LogP contribution in [0.1, 0.15) is 46.1 Å². The number of fused-ring (bicyclic) bond motifs is 2. The summed E-state index contributed by atoms with van der Waals surface area (Å²) in [5.74, 6) is 1.62. The molecule has 2 heterocycles. The highest BCUT2D eigenvalue weighted by Crippen LogP contribution is 2.52. The number of likely N-dealkylation sites (tertiary alicyclic amines) is 1. The number of ether oxygens (including phenoxy) is 2. The maximum Gasteiger partial charge on any atom is 0.410 e. The molecule has 3 atom stereocenters. The standard InChI is InChI=1S/C22H30N2O4/c1-21(2,3)28-20(26)24-10-14-15(11-24)18(14)19(25)23-22(4,5)16-12-27-17-9-7-6-8-13(16)17/h6-9,14-16,18H,10-12H2,1-5H3,(H,23,25). The van der Waals surface area contributed by atoms with E-state index in [1.54, 1.807) is 4.90 Å². The predicted molar refractivity (Wildman–Crippen MR) is 105 cm³/mol. The molecule has 6 nitrogen and oxygen atoms in total. The Morgan fingerprint density at radius 1 is 1.11 bits per heavy atom. The summed E-state index contributed by atoms with van der Waals surface area (Å²) in [6.07, 6.45) is -0.279. The van der Waals surface area contributed by atoms with Gasteiger partial charge in [-0.3, -0.25) is 4.79 Å². The molecule has 0 bridgehead atoms. The van der Waals surface area contributed by atoms with Crippen molar-refractivity contribution in [3.8, 4) is 5.75 Å². The Balaban J connectivity index is 1.34. The molecule has 2 amide bonds. The lowest BCUT2D eigenvalue weighted by molar-refractivity contribution is -0.125. The highest BCUT2D eigenvalue weighted by Gasteiger charge is 2.61. The zero-order valence-electron chi connectivity index (χ0n) is 17.3. The molecular formula is C22H30N2O4. The molecule has 1 saturated heterocycles. The summed E-state index contributed by atoms with van der Waals surface area (Å²) in [7, 11) is 0. The minimum absolute atomic E-state index is 0.00414. The van der Waals surface area contributed by atoms with E-state index < -0.39 is 11.1 Å². The van der Waals surface area contributed by atoms with Gasteiger partial charge in [0.25, 0.3) is 0 Å². The highest BCUT2D eigenvalue weighted by molar-refractivity contribution is 5.84. The van der Waals surface area contributed by atoms with Gasteiger partial charge in [-0.1, -0.05) is 18.2 Å². The monoisotopic (exact) mass is 386 g/mol. The largest absolute Gasteiger partial charge is 0.493 e. The summed E-state index contributed by atoms with van der Waals surface area (Å²) in [6.45, 7) is 11.5. The molecule has 28 heavy (non-hydrogen) atoms. The summed E-state index contributed by atoms with van der Waals surface area (Å²) in [5, 5.41) is 3.26. The summed E-state index contributed by atoms with van der Waals surface area (Å²) < 4.78 is 11.2. The van der Waals surface area contributed by atoms with Gasteiger partial charge < -0.3 is 19.7 Å². The van der Waals surface area contributed by atoms with Gasteiger partial charge in [0, 0.05) is 36.0 Å². The predicted octanol–water partition coefficient (Wildman–Crippen LogP) is 3.17. The van der Waals surface area contributed by atoms with Gasteiger partial charge in [-0.05, 0) is 52.5 Å². The van der Waals surface area contributed by atoms with E-state index in [1.165, 1.54) is 0 Å². The van der Waals surface area contributed by atoms with Gasteiger partial charge in [-0.15, -0.1) is 0 Å². The van der Waals surface area contributed by atoms with E-state index >= 15 is 0 Å². The van der Waals surface area contributed by atoms with E-state index in [1.807, 2.05) is 39.0 Å². The first-order valence-electron chi connectivity index (χ1n) is 10.1. The lowest BCUT2D eigenvalue weighted by atomic mass is 9.83. The molecule has 2 fully saturated rings. The molecule has 152 valence electrons. The SMILES string of the molecule is CC(C)(C)OC(=O)N1CC2C(C1)C2C(=O)NC(C)(C)C1COc2ccccc21. The molecule has 2 aliphatic heterocycles. The van der Waals surface area contributed by atoms with Crippen molar-refractivity contribution in [3.63, 3.8) is 0 Å². The number of nitrogens with zero attached hydrogens (tertiary/aromatic N) is 1. The van der Waals surface area contributed by atoms with Crippen LogP contribution in [-0.2, 0) is 9.53 Å². The fourth-order valence-electron chi connectivity index (χ4n) is 4.64. The average Bonchev–Trinajstić information content (AvgIpc) is 2.96. The van der Waals surface area contributed by atoms with Crippen LogP contribution in [0.4, 0.5) is 4.79 Å². The van der Waals surface area contributed by atoms with Gasteiger partial charge in [0.15, 0.2) is 0 Å². The number of carbonyl (C=O) groups is 2. The molecule has 3 unspecified atom stereocenters. The maximum absolute atomic E-state index is 12.9. The van der Waals surface area contributed by atoms with Crippen molar-refractivity contribution >= 4 is 12.0 Å². The Kier molecular flexibility index (Phi) is 4.36. The van der Waals surface area contributed by atoms with Gasteiger partial charge in [0.1, 0.15) is 11.4 Å². The van der Waals surface area contributed by atoms with Crippen molar-refractivity contribution < 1.29 is 19.1 Å². The third-order valence-corrected chi connectivity index (χ3v) is 6.16. The Hall–Kier alpha value is -2.24. The molecule has 0 spiro atoms. The van der Waals surface area contributed by atoms with Crippen molar-refractivity contribution in [1.29, 1.82) is 0 Å². The zero-order chi connectivity index (χ0) is 20.3. The summed E-state index contributed by atoms with van der Waals surface area (Å²) in [5.41, 5.74) is 0.260. The minimum Gasteiger partial charge on any atom is -0.493 e. The molecule has 1 N–H and O–H groups in total. The summed E-state index contributed by atoms with van der Waals surface area (Å²) >= 11 is 0. The second-order valence-electron chi connectivity index (χ2n) is 9.85. The molecule has 3 aliphatic rings. The molecule has 0 radical (unpaired) electrons. The number of carbonyl (C=O) groups excluding carboxylic acids is 2. The Labute approximate surface area is 166 Å². The highest BCUT2D eigenvalue weighted by atomic mass is 16.6. The van der Waals surface area contributed by atoms with Crippen molar-refractivity contribution in [2.24, 2.45) is 17.8 Å². The number of para-hydroxylation sites is 1. The molecule has 6 heteroatoms. The molecule has 4 rings (SSSR count). The van der Waals surface area contributed by atoms with Crippen molar-refractivity contribution in [2.75, 3.05) is 19.7 Å². The lowest BCUT2D eigenvalue weighted by Gasteiger charge is -2.32. The Bertz CT molecular complexity index is 786. The van der Waals surface area contributed by atoms with Gasteiger partial charge in [-0.25, -0.2) is 4.79 Å². The minimum atomic E-state index is -0.496. The van der Waals surface area contributed by atoms with Crippen LogP contribution in [0.25, 0.3) is 0 Å². The number of benzene rings is 1. The van der Waals surface area contributed by atoms with Crippen LogP contribution >= 0.6 is 0 Å². The van der Waals surface area contributed by atoms with Crippen LogP contribution in [0.5, 0.6) is 5.75 Å². The van der Waals surface area contributed by atoms with E-state index in [4.69, 9.17) is 9.47 Å². The van der Waals surface area contributed by atoms with Crippen molar-refractivity contribution in [3.05, 3.63) is 29.8 Å². The molecule has 1 aromatic carbocycles. The van der Waals surface area contributed by atoms with Crippen LogP contribution < -0.4 is 10.1 Å². The van der Waals surface area contributed by atoms with E-state index in [-0.39, 0.29) is 35.7 Å². The quantitative estimate of drug-likeness (QED) is 0.866. The molecule has 0 aromatic heterocycles. The van der Waals surface area contributed by atoms with Crippen LogP contribution in [0.15, 0.2) is 24.3 Å². The summed E-state index contributed by atoms with van der Waals surface area (Å²) in [6, 6.07) is 8.03. The maximum atomic E-state index is 12.9. The van der Waals surface area contributed by atoms with Gasteiger partial charge in [0.2, 0.25) is 5.91 Å². The second kappa shape index (κ2) is 6.39. The Morgan fingerprint density at radius 2 is 1.75 bits per heavy atom. The third kappa shape index (κ3) is 3.45. The van der Waals surface area contributed by atoms with Gasteiger partial charge in [-0.2, -0.15) is 0 Å². The lowest BCUT2D eigenvalue weighted by Crippen LogP contribution is -2.50. The Morgan fingerprint density at radius 3 is 2.39 bits per heavy atom. The van der Waals surface area contributed by atoms with Crippen LogP contribution in [0, 0.1) is 17.8 Å². The number of hydrogen-bond donors (Lipinski definition) is 1. The van der Waals surface area contributed by atoms with E-state index in [0.717, 1.165) is 11.3 Å². The zero-order valence-corrected chi connectivity index (χ0v) is 17.3. The fourth-order valence-corrected chi connectivity index (χ4v) is 4.64. The van der Waals surface area contributed by atoms with E-state index in [9.17, 15) is 9.59 Å². The number of hydrogen-bond acceptors (Lipinski definition) is 4. The van der Waals surface area contributed by atoms with Crippen LogP contribution in [-0.4, -0.2) is 47.7 Å². The van der Waals surface area contributed by atoms with E-state index in [2.05, 4.69) is 25.2 Å². The average molecular weight is 386 g/mol. The smallest absolute Gasteiger partial charge is 0.410 e. The molecular weight excluding hydrogens is 356 g/mol. The second-order valence-corrected chi connectivity index (χ2v) is 9.85. The molecule has 1 aliphatic carbocycles. The van der Waals surface area contributed by atoms with Crippen LogP contribution in [0.3, 0.4) is 0 Å². The number of rotatable bonds is 3. The number of amides is 2. The van der Waals surface area contributed by atoms with Gasteiger partial charge in [0.05, 0.1) is 6.61 Å². The first kappa shape index (κ1) is 19.1. The molecule has 1 saturated carbocycles. The van der Waals surface area contributed by atoms with Crippen molar-refractivity contribution in [2.45, 2.75) is 51.7 Å². The summed E-state index contributed by atoms with van der Waals surface area (Å²) in [4.78, 5) is 26.9. The van der Waals surface area contributed by atoms with E-state index in [0.29, 0.717) is 19.7 Å². The number of piperidine rings is 1. The van der Waals surface area contributed by atoms with Crippen molar-refractivity contribution in [1.82, 2.24) is 10.2 Å². The fraction of sp³-hybridized carbons (Fsp3) is 0.636. The normalized spacial score (nSPS) is 28.2. The van der Waals surface area contributed by atoms with Gasteiger partial charge >= 0.3 is 6.09 Å². The topological polar surface area (TPSA) is 67.9 Å². The first-order chi connectivity index (χ1) is 13.1. The molecule has 1 aromatic rings. The third-order valence-electron chi connectivity index (χ3n) is 6.16. The van der Waals surface area contributed by atoms with Crippen LogP contribution in [0.2, 0.25) is 0 Å². The number of nitrogens with one attached hydrogen (secondary N) is 1. The first-order valence-corrected chi connectivity index (χ1v) is 10.1.